The predicted octanol–water partition coefficient (Wildman–Crippen LogP) is 10.5. The second-order valence-electron chi connectivity index (χ2n) is 11.5. The molecule has 8 aromatic rings. The summed E-state index contributed by atoms with van der Waals surface area (Å²) in [5, 5.41) is 9.10. The summed E-state index contributed by atoms with van der Waals surface area (Å²) in [6.45, 7) is 2.21. The summed E-state index contributed by atoms with van der Waals surface area (Å²) in [5.74, 6) is 0. The molecular weight excluding hydrogens is 508 g/mol. The average molecular weight is 537 g/mol. The minimum atomic E-state index is 1.01. The van der Waals surface area contributed by atoms with Gasteiger partial charge in [-0.3, -0.25) is 4.98 Å². The Balaban J connectivity index is 1.33. The third-order valence-corrected chi connectivity index (χ3v) is 9.22. The first-order valence-electron chi connectivity index (χ1n) is 14.8. The highest BCUT2D eigenvalue weighted by atomic mass is 15.0. The average Bonchev–Trinajstić information content (AvgIpc) is 3.37. The molecule has 0 radical (unpaired) electrons. The molecule has 0 atom stereocenters. The maximum Gasteiger partial charge on any atom is 0.0708 e. The fraction of sp³-hybridized carbons (Fsp3) is 0.0750. The summed E-state index contributed by atoms with van der Waals surface area (Å²) >= 11 is 0. The van der Waals surface area contributed by atoms with Gasteiger partial charge in [-0.05, 0) is 105 Å². The molecule has 42 heavy (non-hydrogen) atoms. The van der Waals surface area contributed by atoms with E-state index in [2.05, 4.69) is 132 Å². The summed E-state index contributed by atoms with van der Waals surface area (Å²) in [7, 11) is 0. The van der Waals surface area contributed by atoms with E-state index in [-0.39, 0.29) is 0 Å². The second kappa shape index (κ2) is 8.89. The number of benzene rings is 6. The quantitative estimate of drug-likeness (QED) is 0.205. The van der Waals surface area contributed by atoms with Crippen molar-refractivity contribution in [3.8, 4) is 28.1 Å². The molecule has 2 heterocycles. The maximum absolute atomic E-state index is 4.69. The number of fused-ring (bicyclic) bond motifs is 3. The van der Waals surface area contributed by atoms with Gasteiger partial charge in [0.2, 0.25) is 0 Å². The zero-order valence-corrected chi connectivity index (χ0v) is 23.4. The third kappa shape index (κ3) is 3.30. The summed E-state index contributed by atoms with van der Waals surface area (Å²) < 4.78 is 2.48. The zero-order valence-electron chi connectivity index (χ0n) is 23.4. The van der Waals surface area contributed by atoms with E-state index in [0.717, 1.165) is 18.5 Å². The molecule has 198 valence electrons. The Labute approximate surface area is 244 Å². The molecule has 1 aliphatic carbocycles. The van der Waals surface area contributed by atoms with Crippen LogP contribution in [0.25, 0.3) is 77.4 Å². The van der Waals surface area contributed by atoms with Gasteiger partial charge in [0, 0.05) is 28.5 Å². The molecule has 9 rings (SSSR count). The number of aryl methyl sites for hydroxylation is 2. The Morgan fingerprint density at radius 3 is 2.17 bits per heavy atom. The third-order valence-electron chi connectivity index (χ3n) is 9.22. The van der Waals surface area contributed by atoms with Crippen molar-refractivity contribution < 1.29 is 0 Å². The van der Waals surface area contributed by atoms with E-state index in [9.17, 15) is 0 Å². The van der Waals surface area contributed by atoms with Gasteiger partial charge >= 0.3 is 0 Å². The lowest BCUT2D eigenvalue weighted by atomic mass is 9.87. The molecule has 1 aliphatic rings. The molecule has 0 amide bonds. The van der Waals surface area contributed by atoms with Gasteiger partial charge in [-0.25, -0.2) is 0 Å². The van der Waals surface area contributed by atoms with E-state index in [4.69, 9.17) is 0 Å². The first-order valence-corrected chi connectivity index (χ1v) is 14.8. The first-order chi connectivity index (χ1) is 20.8. The normalized spacial score (nSPS) is 13.1. The van der Waals surface area contributed by atoms with Crippen molar-refractivity contribution in [3.63, 3.8) is 0 Å². The van der Waals surface area contributed by atoms with Crippen molar-refractivity contribution in [1.29, 1.82) is 0 Å². The number of para-hydroxylation sites is 1. The van der Waals surface area contributed by atoms with Crippen LogP contribution >= 0.6 is 0 Å². The smallest absolute Gasteiger partial charge is 0.0708 e. The molecule has 2 aromatic heterocycles. The lowest BCUT2D eigenvalue weighted by Crippen LogP contribution is -2.01. The Hall–Kier alpha value is -5.21. The summed E-state index contributed by atoms with van der Waals surface area (Å²) in [6.07, 6.45) is 8.69. The molecule has 2 nitrogen and oxygen atoms in total. The fourth-order valence-corrected chi connectivity index (χ4v) is 7.27. The number of hydrogen-bond donors (Lipinski definition) is 0. The van der Waals surface area contributed by atoms with Crippen LogP contribution < -0.4 is 0 Å². The fourth-order valence-electron chi connectivity index (χ4n) is 7.27. The molecule has 0 spiro atoms. The molecule has 0 aliphatic heterocycles. The van der Waals surface area contributed by atoms with Gasteiger partial charge in [0.05, 0.1) is 11.2 Å². The Morgan fingerprint density at radius 2 is 1.38 bits per heavy atom. The summed E-state index contributed by atoms with van der Waals surface area (Å²) in [4.78, 5) is 4.69. The van der Waals surface area contributed by atoms with Crippen molar-refractivity contribution in [2.24, 2.45) is 0 Å². The van der Waals surface area contributed by atoms with Crippen molar-refractivity contribution >= 4 is 49.3 Å². The Morgan fingerprint density at radius 1 is 0.667 bits per heavy atom. The zero-order chi connectivity index (χ0) is 27.8. The summed E-state index contributed by atoms with van der Waals surface area (Å²) in [6, 6.07) is 40.2. The van der Waals surface area contributed by atoms with Crippen molar-refractivity contribution in [1.82, 2.24) is 9.55 Å². The molecule has 0 unspecified atom stereocenters. The SMILES string of the molecule is Cc1ccccc1-n1c2c(c3ccc(-c4ccc5ccc6c(-c7ccccn7)ccc7ccc4c5c76)cc31)CCC=C2. The molecule has 0 saturated carbocycles. The van der Waals surface area contributed by atoms with Crippen LogP contribution in [0.15, 0.2) is 121 Å². The minimum absolute atomic E-state index is 1.01. The van der Waals surface area contributed by atoms with E-state index in [1.807, 2.05) is 12.3 Å². The largest absolute Gasteiger partial charge is 0.309 e. The van der Waals surface area contributed by atoms with Gasteiger partial charge in [0.1, 0.15) is 0 Å². The molecule has 0 fully saturated rings. The number of nitrogens with zero attached hydrogens (tertiary/aromatic N) is 2. The summed E-state index contributed by atoms with van der Waals surface area (Å²) in [5.41, 5.74) is 11.3. The van der Waals surface area contributed by atoms with Crippen LogP contribution in [0.1, 0.15) is 23.2 Å². The number of aromatic nitrogens is 2. The van der Waals surface area contributed by atoms with Gasteiger partial charge in [-0.15, -0.1) is 0 Å². The molecule has 2 heteroatoms. The topological polar surface area (TPSA) is 17.8 Å². The second-order valence-corrected chi connectivity index (χ2v) is 11.5. The van der Waals surface area contributed by atoms with Gasteiger partial charge < -0.3 is 4.57 Å². The maximum atomic E-state index is 4.69. The van der Waals surface area contributed by atoms with Gasteiger partial charge in [-0.2, -0.15) is 0 Å². The van der Waals surface area contributed by atoms with Crippen molar-refractivity contribution in [2.75, 3.05) is 0 Å². The van der Waals surface area contributed by atoms with Crippen LogP contribution in [0.3, 0.4) is 0 Å². The van der Waals surface area contributed by atoms with Gasteiger partial charge in [-0.1, -0.05) is 91.0 Å². The lowest BCUT2D eigenvalue weighted by Gasteiger charge is -2.17. The van der Waals surface area contributed by atoms with Crippen LogP contribution in [-0.4, -0.2) is 9.55 Å². The van der Waals surface area contributed by atoms with E-state index < -0.39 is 0 Å². The lowest BCUT2D eigenvalue weighted by molar-refractivity contribution is 0.964. The van der Waals surface area contributed by atoms with Crippen LogP contribution in [-0.2, 0) is 6.42 Å². The van der Waals surface area contributed by atoms with Crippen molar-refractivity contribution in [2.45, 2.75) is 19.8 Å². The molecule has 6 aromatic carbocycles. The Bertz CT molecular complexity index is 2350. The highest BCUT2D eigenvalue weighted by molar-refractivity contribution is 6.27. The predicted molar refractivity (Wildman–Crippen MR) is 178 cm³/mol. The molecular formula is C40H28N2. The highest BCUT2D eigenvalue weighted by Gasteiger charge is 2.21. The molecule has 0 bridgehead atoms. The molecule has 0 N–H and O–H groups in total. The van der Waals surface area contributed by atoms with E-state index in [1.165, 1.54) is 82.4 Å². The van der Waals surface area contributed by atoms with E-state index >= 15 is 0 Å². The standard InChI is InChI=1S/C40H28N2/c1-25-8-2-4-11-36(25)42-37-12-5-3-9-31(37)32-20-17-28(24-38(32)42)29-18-13-26-16-22-34-30(35-10-6-7-23-41-35)19-14-27-15-21-33(29)39(26)40(27)34/h2,4-8,10-24H,3,9H2,1H3. The number of pyridine rings is 1. The first kappa shape index (κ1) is 23.5. The van der Waals surface area contributed by atoms with Crippen LogP contribution in [0.5, 0.6) is 0 Å². The minimum Gasteiger partial charge on any atom is -0.309 e. The van der Waals surface area contributed by atoms with Gasteiger partial charge in [0.25, 0.3) is 0 Å². The number of allylic oxidation sites excluding steroid dienone is 1. The molecule has 0 saturated heterocycles. The van der Waals surface area contributed by atoms with Gasteiger partial charge in [0.15, 0.2) is 0 Å². The van der Waals surface area contributed by atoms with Crippen molar-refractivity contribution in [3.05, 3.63) is 138 Å². The van der Waals surface area contributed by atoms with Crippen LogP contribution in [0, 0.1) is 6.92 Å². The number of hydrogen-bond acceptors (Lipinski definition) is 1. The van der Waals surface area contributed by atoms with Crippen LogP contribution in [0.4, 0.5) is 0 Å². The van der Waals surface area contributed by atoms with E-state index in [1.54, 1.807) is 0 Å². The monoisotopic (exact) mass is 536 g/mol. The highest BCUT2D eigenvalue weighted by Crippen LogP contribution is 2.43. The van der Waals surface area contributed by atoms with Crippen LogP contribution in [0.2, 0.25) is 0 Å². The Kier molecular flexibility index (Phi) is 4.97. The van der Waals surface area contributed by atoms with E-state index in [0.29, 0.717) is 0 Å². The number of rotatable bonds is 3.